The average Bonchev–Trinajstić information content (AvgIpc) is 2.44. The summed E-state index contributed by atoms with van der Waals surface area (Å²) in [6.07, 6.45) is 0. The van der Waals surface area contributed by atoms with Gasteiger partial charge >= 0.3 is 0 Å². The fourth-order valence-electron chi connectivity index (χ4n) is 1.99. The number of amides is 1. The summed E-state index contributed by atoms with van der Waals surface area (Å²) in [5.74, 6) is -0.181. The Balaban J connectivity index is 2.32. The van der Waals surface area contributed by atoms with E-state index < -0.39 is 0 Å². The zero-order chi connectivity index (χ0) is 15.6. The Bertz CT molecular complexity index is 701. The molecule has 0 unspecified atom stereocenters. The van der Waals surface area contributed by atoms with Crippen LogP contribution in [-0.4, -0.2) is 13.0 Å². The maximum atomic E-state index is 12.4. The minimum Gasteiger partial charge on any atom is -0.387 e. The molecule has 0 saturated heterocycles. The van der Waals surface area contributed by atoms with Crippen molar-refractivity contribution in [2.75, 3.05) is 17.7 Å². The van der Waals surface area contributed by atoms with Gasteiger partial charge in [-0.1, -0.05) is 17.7 Å². The number of hydrogen-bond donors (Lipinski definition) is 2. The van der Waals surface area contributed by atoms with Crippen LogP contribution in [-0.2, 0) is 0 Å². The highest BCUT2D eigenvalue weighted by Gasteiger charge is 2.13. The molecule has 0 atom stereocenters. The van der Waals surface area contributed by atoms with E-state index in [1.807, 2.05) is 32.0 Å². The summed E-state index contributed by atoms with van der Waals surface area (Å²) in [5.41, 5.74) is 4.08. The predicted molar refractivity (Wildman–Crippen MR) is 92.6 cm³/mol. The van der Waals surface area contributed by atoms with Crippen molar-refractivity contribution in [2.24, 2.45) is 0 Å². The molecule has 5 heteroatoms. The van der Waals surface area contributed by atoms with Gasteiger partial charge in [0.2, 0.25) is 0 Å². The summed E-state index contributed by atoms with van der Waals surface area (Å²) >= 11 is 9.55. The molecule has 0 aromatic heterocycles. The molecule has 0 bridgehead atoms. The third-order valence-corrected chi connectivity index (χ3v) is 4.25. The lowest BCUT2D eigenvalue weighted by Gasteiger charge is -2.13. The molecular formula is C16H16BrClN2O. The van der Waals surface area contributed by atoms with E-state index in [1.54, 1.807) is 19.2 Å². The highest BCUT2D eigenvalue weighted by Crippen LogP contribution is 2.30. The summed E-state index contributed by atoms with van der Waals surface area (Å²) in [5, 5.41) is 6.53. The molecule has 2 N–H and O–H groups in total. The Morgan fingerprint density at radius 1 is 1.14 bits per heavy atom. The summed E-state index contributed by atoms with van der Waals surface area (Å²) in [7, 11) is 1.80. The van der Waals surface area contributed by atoms with Crippen LogP contribution in [0.1, 0.15) is 21.5 Å². The number of carbonyl (C=O) groups excluding carboxylic acids is 1. The number of benzene rings is 2. The third kappa shape index (κ3) is 3.57. The molecular weight excluding hydrogens is 352 g/mol. The molecule has 2 rings (SSSR count). The van der Waals surface area contributed by atoms with Gasteiger partial charge in [-0.2, -0.15) is 0 Å². The molecule has 0 saturated carbocycles. The Labute approximate surface area is 137 Å². The van der Waals surface area contributed by atoms with Crippen molar-refractivity contribution in [1.82, 2.24) is 0 Å². The first-order chi connectivity index (χ1) is 9.92. The lowest BCUT2D eigenvalue weighted by molar-refractivity contribution is 0.102. The number of halogens is 2. The van der Waals surface area contributed by atoms with Crippen molar-refractivity contribution < 1.29 is 4.79 Å². The average molecular weight is 368 g/mol. The molecule has 0 aliphatic heterocycles. The Hall–Kier alpha value is -1.52. The molecule has 0 aliphatic rings. The van der Waals surface area contributed by atoms with Crippen molar-refractivity contribution in [3.63, 3.8) is 0 Å². The molecule has 0 fully saturated rings. The first kappa shape index (κ1) is 15.9. The van der Waals surface area contributed by atoms with Gasteiger partial charge in [0.1, 0.15) is 0 Å². The maximum absolute atomic E-state index is 12.4. The van der Waals surface area contributed by atoms with Crippen molar-refractivity contribution in [1.29, 1.82) is 0 Å². The van der Waals surface area contributed by atoms with Crippen LogP contribution in [0.3, 0.4) is 0 Å². The molecule has 1 amide bonds. The lowest BCUT2D eigenvalue weighted by Crippen LogP contribution is -2.14. The minimum absolute atomic E-state index is 0.181. The Kier molecular flexibility index (Phi) is 4.91. The quantitative estimate of drug-likeness (QED) is 0.800. The van der Waals surface area contributed by atoms with E-state index in [2.05, 4.69) is 26.6 Å². The van der Waals surface area contributed by atoms with Gasteiger partial charge in [-0.3, -0.25) is 4.79 Å². The summed E-state index contributed by atoms with van der Waals surface area (Å²) in [6.45, 7) is 3.90. The van der Waals surface area contributed by atoms with Crippen molar-refractivity contribution in [3.8, 4) is 0 Å². The van der Waals surface area contributed by atoms with Gasteiger partial charge < -0.3 is 10.6 Å². The molecule has 21 heavy (non-hydrogen) atoms. The number of carbonyl (C=O) groups is 1. The van der Waals surface area contributed by atoms with Crippen LogP contribution in [0.2, 0.25) is 5.02 Å². The van der Waals surface area contributed by atoms with Crippen molar-refractivity contribution in [3.05, 3.63) is 56.5 Å². The van der Waals surface area contributed by atoms with E-state index in [0.29, 0.717) is 16.3 Å². The summed E-state index contributed by atoms with van der Waals surface area (Å²) < 4.78 is 0.802. The van der Waals surface area contributed by atoms with E-state index >= 15 is 0 Å². The minimum atomic E-state index is -0.181. The van der Waals surface area contributed by atoms with Gasteiger partial charge in [-0.05, 0) is 65.2 Å². The number of nitrogens with one attached hydrogen (secondary N) is 2. The fraction of sp³-hybridized carbons (Fsp3) is 0.188. The number of rotatable bonds is 3. The third-order valence-electron chi connectivity index (χ3n) is 3.19. The van der Waals surface area contributed by atoms with E-state index in [0.717, 1.165) is 21.3 Å². The Morgan fingerprint density at radius 3 is 2.52 bits per heavy atom. The van der Waals surface area contributed by atoms with Crippen LogP contribution < -0.4 is 10.6 Å². The topological polar surface area (TPSA) is 41.1 Å². The van der Waals surface area contributed by atoms with Crippen molar-refractivity contribution >= 4 is 44.8 Å². The van der Waals surface area contributed by atoms with Gasteiger partial charge in [-0.25, -0.2) is 0 Å². The monoisotopic (exact) mass is 366 g/mol. The molecule has 2 aromatic carbocycles. The second-order valence-electron chi connectivity index (χ2n) is 4.83. The predicted octanol–water partition coefficient (Wildman–Crippen LogP) is 5.01. The molecule has 0 heterocycles. The van der Waals surface area contributed by atoms with Crippen LogP contribution in [0, 0.1) is 13.8 Å². The SMILES string of the molecule is CNc1cc(C)ccc1C(=O)Nc1cc(Cl)c(C)cc1Br. The highest BCUT2D eigenvalue weighted by molar-refractivity contribution is 9.10. The van der Waals surface area contributed by atoms with Crippen LogP contribution in [0.5, 0.6) is 0 Å². The number of aryl methyl sites for hydroxylation is 2. The molecule has 0 spiro atoms. The van der Waals surface area contributed by atoms with Crippen LogP contribution >= 0.6 is 27.5 Å². The fourth-order valence-corrected chi connectivity index (χ4v) is 2.72. The smallest absolute Gasteiger partial charge is 0.257 e. The van der Waals surface area contributed by atoms with E-state index in [1.165, 1.54) is 0 Å². The highest BCUT2D eigenvalue weighted by atomic mass is 79.9. The van der Waals surface area contributed by atoms with Gasteiger partial charge in [-0.15, -0.1) is 0 Å². The Morgan fingerprint density at radius 2 is 1.86 bits per heavy atom. The van der Waals surface area contributed by atoms with Crippen LogP contribution in [0.15, 0.2) is 34.8 Å². The van der Waals surface area contributed by atoms with Gasteiger partial charge in [0, 0.05) is 22.2 Å². The second-order valence-corrected chi connectivity index (χ2v) is 6.10. The standard InChI is InChI=1S/C16H16BrClN2O/c1-9-4-5-11(14(6-9)19-3)16(21)20-15-8-13(18)10(2)7-12(15)17/h4-8,19H,1-3H3,(H,20,21). The van der Waals surface area contributed by atoms with Gasteiger partial charge in [0.25, 0.3) is 5.91 Å². The molecule has 110 valence electrons. The van der Waals surface area contributed by atoms with E-state index in [9.17, 15) is 4.79 Å². The van der Waals surface area contributed by atoms with E-state index in [-0.39, 0.29) is 5.91 Å². The van der Waals surface area contributed by atoms with Crippen LogP contribution in [0.4, 0.5) is 11.4 Å². The molecule has 0 radical (unpaired) electrons. The normalized spacial score (nSPS) is 10.3. The van der Waals surface area contributed by atoms with Crippen molar-refractivity contribution in [2.45, 2.75) is 13.8 Å². The largest absolute Gasteiger partial charge is 0.387 e. The lowest BCUT2D eigenvalue weighted by atomic mass is 10.1. The van der Waals surface area contributed by atoms with Crippen LogP contribution in [0.25, 0.3) is 0 Å². The number of anilines is 2. The van der Waals surface area contributed by atoms with Gasteiger partial charge in [0.15, 0.2) is 0 Å². The maximum Gasteiger partial charge on any atom is 0.257 e. The zero-order valence-electron chi connectivity index (χ0n) is 12.1. The molecule has 2 aromatic rings. The summed E-state index contributed by atoms with van der Waals surface area (Å²) in [6, 6.07) is 9.28. The second kappa shape index (κ2) is 6.50. The first-order valence-corrected chi connectivity index (χ1v) is 7.65. The first-order valence-electron chi connectivity index (χ1n) is 6.47. The molecule has 0 aliphatic carbocycles. The zero-order valence-corrected chi connectivity index (χ0v) is 14.4. The van der Waals surface area contributed by atoms with E-state index in [4.69, 9.17) is 11.6 Å². The summed E-state index contributed by atoms with van der Waals surface area (Å²) in [4.78, 5) is 12.4. The molecule has 3 nitrogen and oxygen atoms in total. The number of hydrogen-bond acceptors (Lipinski definition) is 2. The van der Waals surface area contributed by atoms with Gasteiger partial charge in [0.05, 0.1) is 11.3 Å².